The third kappa shape index (κ3) is 3.36. The van der Waals surface area contributed by atoms with E-state index >= 15 is 0 Å². The van der Waals surface area contributed by atoms with Gasteiger partial charge >= 0.3 is 0 Å². The Labute approximate surface area is 149 Å². The van der Waals surface area contributed by atoms with Gasteiger partial charge in [0.2, 0.25) is 0 Å². The van der Waals surface area contributed by atoms with Crippen molar-refractivity contribution in [3.8, 4) is 5.82 Å². The van der Waals surface area contributed by atoms with Crippen molar-refractivity contribution in [2.24, 2.45) is 0 Å². The molecule has 3 heterocycles. The lowest BCUT2D eigenvalue weighted by atomic mass is 10.2. The zero-order valence-electron chi connectivity index (χ0n) is 12.5. The number of rotatable bonds is 3. The molecule has 3 aromatic heterocycles. The van der Waals surface area contributed by atoms with Crippen LogP contribution in [-0.2, 0) is 0 Å². The predicted octanol–water partition coefficient (Wildman–Crippen LogP) is 2.47. The first-order valence-corrected chi connectivity index (χ1v) is 8.49. The standard InChI is InChI=1S/C15H12BrN5O2S/c1-9-10(8-18-21(9)13-4-2-3-7-17-13)14(22)19-20-15(23)11-5-6-12(16)24-11/h2-8H,1H3,(H,19,22)(H,20,23). The first kappa shape index (κ1) is 16.3. The smallest absolute Gasteiger partial charge is 0.267 e. The number of thiophene rings is 1. The van der Waals surface area contributed by atoms with Gasteiger partial charge < -0.3 is 0 Å². The summed E-state index contributed by atoms with van der Waals surface area (Å²) in [4.78, 5) is 28.9. The summed E-state index contributed by atoms with van der Waals surface area (Å²) in [7, 11) is 0. The minimum atomic E-state index is -0.446. The van der Waals surface area contributed by atoms with E-state index in [1.807, 2.05) is 6.07 Å². The molecule has 3 rings (SSSR count). The van der Waals surface area contributed by atoms with Gasteiger partial charge in [0.15, 0.2) is 5.82 Å². The number of amides is 2. The summed E-state index contributed by atoms with van der Waals surface area (Å²) in [5.74, 6) is -0.214. The second-order valence-electron chi connectivity index (χ2n) is 4.76. The summed E-state index contributed by atoms with van der Waals surface area (Å²) in [6, 6.07) is 8.86. The van der Waals surface area contributed by atoms with Crippen molar-refractivity contribution in [2.45, 2.75) is 6.92 Å². The van der Waals surface area contributed by atoms with E-state index in [1.54, 1.807) is 42.1 Å². The molecule has 24 heavy (non-hydrogen) atoms. The van der Waals surface area contributed by atoms with Crippen molar-refractivity contribution in [1.29, 1.82) is 0 Å². The molecular formula is C15H12BrN5O2S. The van der Waals surface area contributed by atoms with E-state index in [4.69, 9.17) is 0 Å². The van der Waals surface area contributed by atoms with Gasteiger partial charge in [0.1, 0.15) is 0 Å². The number of nitrogens with one attached hydrogen (secondary N) is 2. The quantitative estimate of drug-likeness (QED) is 0.655. The van der Waals surface area contributed by atoms with Gasteiger partial charge in [-0.15, -0.1) is 11.3 Å². The van der Waals surface area contributed by atoms with Gasteiger partial charge in [-0.1, -0.05) is 6.07 Å². The molecule has 2 N–H and O–H groups in total. The molecule has 7 nitrogen and oxygen atoms in total. The lowest BCUT2D eigenvalue weighted by Crippen LogP contribution is -2.41. The lowest BCUT2D eigenvalue weighted by Gasteiger charge is -2.06. The highest BCUT2D eigenvalue weighted by Gasteiger charge is 2.17. The molecule has 0 radical (unpaired) electrons. The molecule has 3 aromatic rings. The number of pyridine rings is 1. The minimum absolute atomic E-state index is 0.355. The van der Waals surface area contributed by atoms with Crippen LogP contribution < -0.4 is 10.9 Å². The zero-order valence-corrected chi connectivity index (χ0v) is 14.9. The van der Waals surface area contributed by atoms with Crippen molar-refractivity contribution in [2.75, 3.05) is 0 Å². The SMILES string of the molecule is Cc1c(C(=O)NNC(=O)c2ccc(Br)s2)cnn1-c1ccccn1. The number of hydrazine groups is 1. The number of carbonyl (C=O) groups excluding carboxylic acids is 2. The highest BCUT2D eigenvalue weighted by Crippen LogP contribution is 2.21. The number of hydrogen-bond donors (Lipinski definition) is 2. The van der Waals surface area contributed by atoms with Gasteiger partial charge in [-0.2, -0.15) is 5.10 Å². The molecule has 0 bridgehead atoms. The van der Waals surface area contributed by atoms with Crippen LogP contribution in [0.5, 0.6) is 0 Å². The highest BCUT2D eigenvalue weighted by atomic mass is 79.9. The molecule has 122 valence electrons. The first-order valence-electron chi connectivity index (χ1n) is 6.88. The van der Waals surface area contributed by atoms with Crippen LogP contribution in [-0.4, -0.2) is 26.6 Å². The summed E-state index contributed by atoms with van der Waals surface area (Å²) < 4.78 is 2.40. The van der Waals surface area contributed by atoms with Crippen LogP contribution in [0.15, 0.2) is 46.5 Å². The van der Waals surface area contributed by atoms with Crippen LogP contribution in [0, 0.1) is 6.92 Å². The molecule has 0 spiro atoms. The second-order valence-corrected chi connectivity index (χ2v) is 7.22. The maximum Gasteiger partial charge on any atom is 0.279 e. The molecule has 0 aliphatic rings. The Morgan fingerprint density at radius 3 is 2.62 bits per heavy atom. The van der Waals surface area contributed by atoms with Crippen LogP contribution in [0.2, 0.25) is 0 Å². The minimum Gasteiger partial charge on any atom is -0.267 e. The van der Waals surface area contributed by atoms with Crippen molar-refractivity contribution >= 4 is 39.1 Å². The Morgan fingerprint density at radius 2 is 1.96 bits per heavy atom. The van der Waals surface area contributed by atoms with E-state index in [1.165, 1.54) is 17.5 Å². The zero-order chi connectivity index (χ0) is 17.1. The molecule has 0 fully saturated rings. The fourth-order valence-corrected chi connectivity index (χ4v) is 3.30. The molecule has 0 atom stereocenters. The Morgan fingerprint density at radius 1 is 1.17 bits per heavy atom. The number of halogens is 1. The maximum atomic E-state index is 12.2. The molecule has 0 unspecified atom stereocenters. The summed E-state index contributed by atoms with van der Waals surface area (Å²) in [5, 5.41) is 4.17. The van der Waals surface area contributed by atoms with Crippen LogP contribution in [0.1, 0.15) is 25.7 Å². The predicted molar refractivity (Wildman–Crippen MR) is 93.0 cm³/mol. The summed E-state index contributed by atoms with van der Waals surface area (Å²) >= 11 is 4.56. The molecule has 0 aromatic carbocycles. The number of hydrogen-bond acceptors (Lipinski definition) is 5. The Kier molecular flexibility index (Phi) is 4.72. The van der Waals surface area contributed by atoms with E-state index in [9.17, 15) is 9.59 Å². The average molecular weight is 406 g/mol. The third-order valence-electron chi connectivity index (χ3n) is 3.21. The van der Waals surface area contributed by atoms with Gasteiger partial charge in [0.05, 0.1) is 26.1 Å². The number of carbonyl (C=O) groups is 2. The van der Waals surface area contributed by atoms with Crippen LogP contribution in [0.3, 0.4) is 0 Å². The third-order valence-corrected chi connectivity index (χ3v) is 4.83. The maximum absolute atomic E-state index is 12.2. The van der Waals surface area contributed by atoms with Gasteiger partial charge in [0.25, 0.3) is 11.8 Å². The summed E-state index contributed by atoms with van der Waals surface area (Å²) in [6.45, 7) is 1.76. The summed E-state index contributed by atoms with van der Waals surface area (Å²) in [6.07, 6.45) is 3.09. The van der Waals surface area contributed by atoms with Crippen LogP contribution in [0.25, 0.3) is 5.82 Å². The van der Waals surface area contributed by atoms with E-state index in [2.05, 4.69) is 36.9 Å². The van der Waals surface area contributed by atoms with Gasteiger partial charge in [0, 0.05) is 6.20 Å². The van der Waals surface area contributed by atoms with E-state index in [-0.39, 0.29) is 5.91 Å². The molecule has 0 aliphatic carbocycles. The second kappa shape index (κ2) is 6.93. The number of nitrogens with zero attached hydrogens (tertiary/aromatic N) is 3. The van der Waals surface area contributed by atoms with Crippen LogP contribution >= 0.6 is 27.3 Å². The van der Waals surface area contributed by atoms with E-state index < -0.39 is 5.91 Å². The number of aromatic nitrogens is 3. The van der Waals surface area contributed by atoms with Crippen molar-refractivity contribution in [3.05, 3.63) is 62.6 Å². The topological polar surface area (TPSA) is 88.9 Å². The average Bonchev–Trinajstić information content (AvgIpc) is 3.19. The molecule has 0 saturated carbocycles. The Hall–Kier alpha value is -2.52. The van der Waals surface area contributed by atoms with E-state index in [0.29, 0.717) is 22.0 Å². The van der Waals surface area contributed by atoms with Gasteiger partial charge in [-0.25, -0.2) is 9.67 Å². The Bertz CT molecular complexity index is 890. The van der Waals surface area contributed by atoms with Gasteiger partial charge in [-0.05, 0) is 47.1 Å². The molecule has 2 amide bonds. The van der Waals surface area contributed by atoms with Gasteiger partial charge in [-0.3, -0.25) is 20.4 Å². The van der Waals surface area contributed by atoms with Crippen LogP contribution in [0.4, 0.5) is 0 Å². The Balaban J connectivity index is 1.70. The normalized spacial score (nSPS) is 10.4. The molecule has 0 saturated heterocycles. The first-order chi connectivity index (χ1) is 11.6. The van der Waals surface area contributed by atoms with Crippen molar-refractivity contribution in [1.82, 2.24) is 25.6 Å². The fourth-order valence-electron chi connectivity index (χ4n) is 2.02. The summed E-state index contributed by atoms with van der Waals surface area (Å²) in [5.41, 5.74) is 5.76. The lowest BCUT2D eigenvalue weighted by molar-refractivity contribution is 0.0848. The highest BCUT2D eigenvalue weighted by molar-refractivity contribution is 9.11. The monoisotopic (exact) mass is 405 g/mol. The van der Waals surface area contributed by atoms with Crippen molar-refractivity contribution in [3.63, 3.8) is 0 Å². The molecule has 9 heteroatoms. The van der Waals surface area contributed by atoms with E-state index in [0.717, 1.165) is 3.79 Å². The molecular weight excluding hydrogens is 394 g/mol. The fraction of sp³-hybridized carbons (Fsp3) is 0.0667. The van der Waals surface area contributed by atoms with Crippen molar-refractivity contribution < 1.29 is 9.59 Å². The largest absolute Gasteiger partial charge is 0.279 e. The molecule has 0 aliphatic heterocycles.